The van der Waals surface area contributed by atoms with E-state index >= 15 is 0 Å². The Morgan fingerprint density at radius 3 is 2.44 bits per heavy atom. The molecule has 0 spiro atoms. The lowest BCUT2D eigenvalue weighted by Crippen LogP contribution is -2.31. The molecule has 0 unspecified atom stereocenters. The SMILES string of the molecule is COc1ccccc1C1=C(SCCO)C(=O)N(Cc2ccc(Cl)cc2)C1=O. The van der Waals surface area contributed by atoms with Gasteiger partial charge in [0.05, 0.1) is 30.7 Å². The first-order chi connectivity index (χ1) is 13.1. The minimum Gasteiger partial charge on any atom is -0.496 e. The second-order valence-corrected chi connectivity index (χ2v) is 7.34. The molecular formula is C20H18ClNO4S. The molecule has 5 nitrogen and oxygen atoms in total. The molecule has 0 aliphatic carbocycles. The van der Waals surface area contributed by atoms with Crippen LogP contribution in [0.3, 0.4) is 0 Å². The van der Waals surface area contributed by atoms with Crippen LogP contribution in [0.4, 0.5) is 0 Å². The quantitative estimate of drug-likeness (QED) is 0.718. The average molecular weight is 404 g/mol. The van der Waals surface area contributed by atoms with Crippen LogP contribution in [0.25, 0.3) is 5.57 Å². The van der Waals surface area contributed by atoms with Crippen molar-refractivity contribution in [3.63, 3.8) is 0 Å². The van der Waals surface area contributed by atoms with Crippen LogP contribution >= 0.6 is 23.4 Å². The molecule has 0 aromatic heterocycles. The number of thioether (sulfide) groups is 1. The van der Waals surface area contributed by atoms with Crippen LogP contribution in [-0.2, 0) is 16.1 Å². The molecule has 0 atom stereocenters. The van der Waals surface area contributed by atoms with Crippen molar-refractivity contribution < 1.29 is 19.4 Å². The minimum absolute atomic E-state index is 0.0912. The number of benzene rings is 2. The van der Waals surface area contributed by atoms with Crippen molar-refractivity contribution in [1.82, 2.24) is 4.90 Å². The largest absolute Gasteiger partial charge is 0.496 e. The first-order valence-electron chi connectivity index (χ1n) is 8.28. The fraction of sp³-hybridized carbons (Fsp3) is 0.200. The van der Waals surface area contributed by atoms with E-state index in [2.05, 4.69) is 0 Å². The average Bonchev–Trinajstić information content (AvgIpc) is 2.92. The van der Waals surface area contributed by atoms with Crippen molar-refractivity contribution in [3.05, 3.63) is 69.6 Å². The van der Waals surface area contributed by atoms with Gasteiger partial charge in [-0.2, -0.15) is 0 Å². The van der Waals surface area contributed by atoms with E-state index in [0.29, 0.717) is 32.6 Å². The zero-order valence-corrected chi connectivity index (χ0v) is 16.2. The molecule has 0 fully saturated rings. The first kappa shape index (κ1) is 19.5. The summed E-state index contributed by atoms with van der Waals surface area (Å²) in [5.41, 5.74) is 1.68. The van der Waals surface area contributed by atoms with Crippen LogP contribution in [0.5, 0.6) is 5.75 Å². The topological polar surface area (TPSA) is 66.8 Å². The van der Waals surface area contributed by atoms with Crippen LogP contribution in [0, 0.1) is 0 Å². The van der Waals surface area contributed by atoms with Gasteiger partial charge in [-0.25, -0.2) is 0 Å². The van der Waals surface area contributed by atoms with Crippen LogP contribution < -0.4 is 4.74 Å². The number of rotatable bonds is 7. The van der Waals surface area contributed by atoms with E-state index in [1.807, 2.05) is 0 Å². The number of amides is 2. The number of aliphatic hydroxyl groups is 1. The second-order valence-electron chi connectivity index (χ2n) is 5.80. The fourth-order valence-corrected chi connectivity index (χ4v) is 3.84. The third-order valence-corrected chi connectivity index (χ3v) is 5.40. The number of ether oxygens (including phenoxy) is 1. The smallest absolute Gasteiger partial charge is 0.268 e. The summed E-state index contributed by atoms with van der Waals surface area (Å²) in [6.07, 6.45) is 0. The molecule has 0 saturated heterocycles. The summed E-state index contributed by atoms with van der Waals surface area (Å²) in [5.74, 6) is 0.0974. The predicted octanol–water partition coefficient (Wildman–Crippen LogP) is 3.35. The summed E-state index contributed by atoms with van der Waals surface area (Å²) in [5, 5.41) is 9.76. The van der Waals surface area contributed by atoms with Gasteiger partial charge in [0.25, 0.3) is 11.8 Å². The normalized spacial score (nSPS) is 14.3. The zero-order chi connectivity index (χ0) is 19.4. The molecule has 1 heterocycles. The Bertz CT molecular complexity index is 895. The summed E-state index contributed by atoms with van der Waals surface area (Å²) >= 11 is 7.08. The van der Waals surface area contributed by atoms with Crippen LogP contribution in [-0.4, -0.2) is 41.3 Å². The number of aliphatic hydroxyl groups excluding tert-OH is 1. The van der Waals surface area contributed by atoms with Gasteiger partial charge in [-0.05, 0) is 23.8 Å². The van der Waals surface area contributed by atoms with Gasteiger partial charge in [-0.15, -0.1) is 11.8 Å². The summed E-state index contributed by atoms with van der Waals surface area (Å²) < 4.78 is 5.37. The third kappa shape index (κ3) is 4.03. The molecule has 3 rings (SSSR count). The van der Waals surface area contributed by atoms with Gasteiger partial charge in [-0.1, -0.05) is 41.9 Å². The molecule has 2 aromatic carbocycles. The maximum atomic E-state index is 13.1. The number of halogens is 1. The van der Waals surface area contributed by atoms with Crippen molar-refractivity contribution in [2.75, 3.05) is 19.5 Å². The van der Waals surface area contributed by atoms with Gasteiger partial charge in [-0.3, -0.25) is 14.5 Å². The number of hydrogen-bond donors (Lipinski definition) is 1. The van der Waals surface area contributed by atoms with E-state index in [1.165, 1.54) is 23.8 Å². The highest BCUT2D eigenvalue weighted by Gasteiger charge is 2.40. The van der Waals surface area contributed by atoms with E-state index in [0.717, 1.165) is 5.56 Å². The molecular weight excluding hydrogens is 386 g/mol. The highest BCUT2D eigenvalue weighted by Crippen LogP contribution is 2.39. The van der Waals surface area contributed by atoms with Crippen LogP contribution in [0.2, 0.25) is 5.02 Å². The molecule has 140 valence electrons. The van der Waals surface area contributed by atoms with E-state index < -0.39 is 0 Å². The Labute approximate surface area is 166 Å². The molecule has 1 aliphatic heterocycles. The number of carbonyl (C=O) groups excluding carboxylic acids is 2. The second kappa shape index (κ2) is 8.61. The zero-order valence-electron chi connectivity index (χ0n) is 14.6. The number of methoxy groups -OCH3 is 1. The van der Waals surface area contributed by atoms with Gasteiger partial charge in [0.15, 0.2) is 0 Å². The Hall–Kier alpha value is -2.28. The molecule has 0 bridgehead atoms. The minimum atomic E-state index is -0.375. The molecule has 1 N–H and O–H groups in total. The maximum Gasteiger partial charge on any atom is 0.268 e. The molecule has 7 heteroatoms. The van der Waals surface area contributed by atoms with Crippen LogP contribution in [0.15, 0.2) is 53.4 Å². The first-order valence-corrected chi connectivity index (χ1v) is 9.65. The Morgan fingerprint density at radius 1 is 1.07 bits per heavy atom. The highest BCUT2D eigenvalue weighted by atomic mass is 35.5. The standard InChI is InChI=1S/C20H18ClNO4S/c1-26-16-5-3-2-4-15(16)17-18(27-11-10-23)20(25)22(19(17)24)12-13-6-8-14(21)9-7-13/h2-9,23H,10-12H2,1H3. The molecule has 0 saturated carbocycles. The summed E-state index contributed by atoms with van der Waals surface area (Å²) in [6.45, 7) is 0.0582. The fourth-order valence-electron chi connectivity index (χ4n) is 2.84. The molecule has 1 aliphatic rings. The molecule has 0 radical (unpaired) electrons. The van der Waals surface area contributed by atoms with Gasteiger partial charge < -0.3 is 9.84 Å². The number of nitrogens with zero attached hydrogens (tertiary/aromatic N) is 1. The third-order valence-electron chi connectivity index (χ3n) is 4.09. The van der Waals surface area contributed by atoms with Gasteiger partial charge in [0, 0.05) is 16.3 Å². The summed E-state index contributed by atoms with van der Waals surface area (Å²) in [7, 11) is 1.52. The van der Waals surface area contributed by atoms with Crippen molar-refractivity contribution >= 4 is 40.8 Å². The molecule has 2 aromatic rings. The molecule has 2 amide bonds. The van der Waals surface area contributed by atoms with Gasteiger partial charge in [0.2, 0.25) is 0 Å². The highest BCUT2D eigenvalue weighted by molar-refractivity contribution is 8.04. The van der Waals surface area contributed by atoms with E-state index in [1.54, 1.807) is 48.5 Å². The van der Waals surface area contributed by atoms with Gasteiger partial charge in [0.1, 0.15) is 5.75 Å². The number of para-hydroxylation sites is 1. The number of imide groups is 1. The lowest BCUT2D eigenvalue weighted by molar-refractivity contribution is -0.137. The lowest BCUT2D eigenvalue weighted by atomic mass is 10.0. The van der Waals surface area contributed by atoms with Gasteiger partial charge >= 0.3 is 0 Å². The Kier molecular flexibility index (Phi) is 6.21. The van der Waals surface area contributed by atoms with Crippen molar-refractivity contribution in [1.29, 1.82) is 0 Å². The predicted molar refractivity (Wildman–Crippen MR) is 106 cm³/mol. The van der Waals surface area contributed by atoms with E-state index in [4.69, 9.17) is 16.3 Å². The monoisotopic (exact) mass is 403 g/mol. The summed E-state index contributed by atoms with van der Waals surface area (Å²) in [4.78, 5) is 27.6. The lowest BCUT2D eigenvalue weighted by Gasteiger charge is -2.15. The van der Waals surface area contributed by atoms with Crippen molar-refractivity contribution in [2.24, 2.45) is 0 Å². The van der Waals surface area contributed by atoms with E-state index in [-0.39, 0.29) is 25.0 Å². The maximum absolute atomic E-state index is 13.1. The van der Waals surface area contributed by atoms with Crippen molar-refractivity contribution in [2.45, 2.75) is 6.54 Å². The van der Waals surface area contributed by atoms with Crippen LogP contribution in [0.1, 0.15) is 11.1 Å². The number of hydrogen-bond acceptors (Lipinski definition) is 5. The summed E-state index contributed by atoms with van der Waals surface area (Å²) in [6, 6.07) is 14.1. The Morgan fingerprint density at radius 2 is 1.78 bits per heavy atom. The Balaban J connectivity index is 1.99. The van der Waals surface area contributed by atoms with Crippen molar-refractivity contribution in [3.8, 4) is 5.75 Å². The van der Waals surface area contributed by atoms with E-state index in [9.17, 15) is 14.7 Å². The number of carbonyl (C=O) groups is 2. The molecule has 27 heavy (non-hydrogen) atoms.